The topological polar surface area (TPSA) is 66.4 Å². The highest BCUT2D eigenvalue weighted by Crippen LogP contribution is 2.39. The smallest absolute Gasteiger partial charge is 0.307 e. The summed E-state index contributed by atoms with van der Waals surface area (Å²) in [7, 11) is 0. The second kappa shape index (κ2) is 4.33. The Morgan fingerprint density at radius 2 is 2.12 bits per heavy atom. The molecule has 2 atom stereocenters. The van der Waals surface area contributed by atoms with Crippen molar-refractivity contribution in [3.63, 3.8) is 0 Å². The fourth-order valence-corrected chi connectivity index (χ4v) is 1.79. The molecule has 6 heteroatoms. The Balaban J connectivity index is 2.02. The van der Waals surface area contributed by atoms with Crippen LogP contribution in [0, 0.1) is 17.7 Å². The third-order valence-electron chi connectivity index (χ3n) is 2.63. The van der Waals surface area contributed by atoms with Gasteiger partial charge in [0.2, 0.25) is 5.91 Å². The Hall–Kier alpha value is -1.62. The number of carboxylic acids is 1. The van der Waals surface area contributed by atoms with Gasteiger partial charge in [-0.25, -0.2) is 4.39 Å². The highest BCUT2D eigenvalue weighted by atomic mass is 35.5. The van der Waals surface area contributed by atoms with E-state index < -0.39 is 29.5 Å². The van der Waals surface area contributed by atoms with Gasteiger partial charge in [0.1, 0.15) is 5.82 Å². The molecule has 0 saturated heterocycles. The number of rotatable bonds is 3. The number of halogens is 2. The molecule has 4 nitrogen and oxygen atoms in total. The van der Waals surface area contributed by atoms with Gasteiger partial charge in [0.25, 0.3) is 0 Å². The first-order chi connectivity index (χ1) is 7.99. The summed E-state index contributed by atoms with van der Waals surface area (Å²) < 4.78 is 12.7. The standard InChI is InChI=1S/C11H9ClFNO3/c12-8-3-5(13)1-2-9(8)14-10(15)6-4-7(6)11(16)17/h1-3,6-7H,4H2,(H,14,15)(H,16,17)/t6-,7+/m1/s1. The van der Waals surface area contributed by atoms with Crippen molar-refractivity contribution in [1.82, 2.24) is 0 Å². The molecule has 90 valence electrons. The van der Waals surface area contributed by atoms with E-state index in [1.54, 1.807) is 0 Å². The van der Waals surface area contributed by atoms with Crippen molar-refractivity contribution in [1.29, 1.82) is 0 Å². The minimum absolute atomic E-state index is 0.0888. The molecule has 1 aromatic rings. The molecule has 0 heterocycles. The summed E-state index contributed by atoms with van der Waals surface area (Å²) in [6.07, 6.45) is 0.333. The highest BCUT2D eigenvalue weighted by molar-refractivity contribution is 6.33. The normalized spacial score (nSPS) is 22.0. The summed E-state index contributed by atoms with van der Waals surface area (Å²) in [5.74, 6) is -3.01. The van der Waals surface area contributed by atoms with Crippen molar-refractivity contribution in [3.8, 4) is 0 Å². The number of hydrogen-bond acceptors (Lipinski definition) is 2. The number of aliphatic carboxylic acids is 1. The quantitative estimate of drug-likeness (QED) is 0.872. The second-order valence-electron chi connectivity index (χ2n) is 3.90. The monoisotopic (exact) mass is 257 g/mol. The molecule has 2 N–H and O–H groups in total. The van der Waals surface area contributed by atoms with Crippen LogP contribution in [0.5, 0.6) is 0 Å². The molecule has 1 aliphatic rings. The summed E-state index contributed by atoms with van der Waals surface area (Å²) >= 11 is 5.73. The maximum atomic E-state index is 12.7. The molecule has 0 aromatic heterocycles. The Morgan fingerprint density at radius 1 is 1.41 bits per heavy atom. The van der Waals surface area contributed by atoms with Crippen molar-refractivity contribution >= 4 is 29.2 Å². The van der Waals surface area contributed by atoms with E-state index in [2.05, 4.69) is 5.32 Å². The predicted molar refractivity (Wildman–Crippen MR) is 59.3 cm³/mol. The molecule has 0 unspecified atom stereocenters. The van der Waals surface area contributed by atoms with Gasteiger partial charge in [-0.3, -0.25) is 9.59 Å². The highest BCUT2D eigenvalue weighted by Gasteiger charge is 2.48. The van der Waals surface area contributed by atoms with Crippen LogP contribution in [0.1, 0.15) is 6.42 Å². The van der Waals surface area contributed by atoms with E-state index in [-0.39, 0.29) is 10.7 Å². The number of carbonyl (C=O) groups excluding carboxylic acids is 1. The summed E-state index contributed by atoms with van der Waals surface area (Å²) in [5, 5.41) is 11.2. The first-order valence-electron chi connectivity index (χ1n) is 4.98. The molecule has 17 heavy (non-hydrogen) atoms. The average molecular weight is 258 g/mol. The van der Waals surface area contributed by atoms with E-state index in [0.29, 0.717) is 6.42 Å². The van der Waals surface area contributed by atoms with Crippen molar-refractivity contribution in [2.75, 3.05) is 5.32 Å². The fourth-order valence-electron chi connectivity index (χ4n) is 1.57. The predicted octanol–water partition coefficient (Wildman–Crippen LogP) is 2.14. The molecule has 0 aliphatic heterocycles. The summed E-state index contributed by atoms with van der Waals surface area (Å²) in [6.45, 7) is 0. The van der Waals surface area contributed by atoms with Crippen LogP contribution in [0.3, 0.4) is 0 Å². The van der Waals surface area contributed by atoms with Crippen LogP contribution in [0.4, 0.5) is 10.1 Å². The van der Waals surface area contributed by atoms with Gasteiger partial charge >= 0.3 is 5.97 Å². The molecule has 1 fully saturated rings. The van der Waals surface area contributed by atoms with Crippen LogP contribution >= 0.6 is 11.6 Å². The van der Waals surface area contributed by atoms with Crippen LogP contribution in [0.15, 0.2) is 18.2 Å². The van der Waals surface area contributed by atoms with Crippen LogP contribution < -0.4 is 5.32 Å². The largest absolute Gasteiger partial charge is 0.481 e. The molecule has 1 aromatic carbocycles. The summed E-state index contributed by atoms with van der Waals surface area (Å²) in [5.41, 5.74) is 0.286. The number of nitrogens with one attached hydrogen (secondary N) is 1. The Bertz CT molecular complexity index is 492. The van der Waals surface area contributed by atoms with E-state index in [4.69, 9.17) is 16.7 Å². The minimum Gasteiger partial charge on any atom is -0.481 e. The van der Waals surface area contributed by atoms with Crippen molar-refractivity contribution in [2.45, 2.75) is 6.42 Å². The van der Waals surface area contributed by atoms with Crippen LogP contribution in [-0.2, 0) is 9.59 Å². The van der Waals surface area contributed by atoms with Crippen molar-refractivity contribution < 1.29 is 19.1 Å². The van der Waals surface area contributed by atoms with E-state index >= 15 is 0 Å². The van der Waals surface area contributed by atoms with Gasteiger partial charge in [-0.15, -0.1) is 0 Å². The lowest BCUT2D eigenvalue weighted by molar-refractivity contribution is -0.139. The number of amides is 1. The number of anilines is 1. The number of carboxylic acid groups (broad SMARTS) is 1. The average Bonchev–Trinajstić information content (AvgIpc) is 3.01. The molecule has 0 bridgehead atoms. The Kier molecular flexibility index (Phi) is 3.02. The molecular formula is C11H9ClFNO3. The van der Waals surface area contributed by atoms with E-state index in [0.717, 1.165) is 6.07 Å². The van der Waals surface area contributed by atoms with Gasteiger partial charge in [0.05, 0.1) is 22.5 Å². The zero-order valence-electron chi connectivity index (χ0n) is 8.61. The minimum atomic E-state index is -0.977. The Morgan fingerprint density at radius 3 is 2.65 bits per heavy atom. The van der Waals surface area contributed by atoms with Gasteiger partial charge in [-0.05, 0) is 24.6 Å². The van der Waals surface area contributed by atoms with Gasteiger partial charge in [0.15, 0.2) is 0 Å². The molecule has 1 amide bonds. The summed E-state index contributed by atoms with van der Waals surface area (Å²) in [4.78, 5) is 22.2. The molecule has 1 aliphatic carbocycles. The maximum absolute atomic E-state index is 12.7. The van der Waals surface area contributed by atoms with E-state index in [1.165, 1.54) is 12.1 Å². The van der Waals surface area contributed by atoms with Crippen molar-refractivity contribution in [3.05, 3.63) is 29.0 Å². The summed E-state index contributed by atoms with van der Waals surface area (Å²) in [6, 6.07) is 3.59. The molecule has 2 rings (SSSR count). The number of benzene rings is 1. The molecule has 1 saturated carbocycles. The lowest BCUT2D eigenvalue weighted by Crippen LogP contribution is -2.17. The first kappa shape index (κ1) is 11.9. The van der Waals surface area contributed by atoms with Crippen molar-refractivity contribution in [2.24, 2.45) is 11.8 Å². The Labute approximate surface area is 101 Å². The molecule has 0 spiro atoms. The third kappa shape index (κ3) is 2.55. The lowest BCUT2D eigenvalue weighted by atomic mass is 10.2. The van der Waals surface area contributed by atoms with E-state index in [1.807, 2.05) is 0 Å². The zero-order chi connectivity index (χ0) is 12.6. The van der Waals surface area contributed by atoms with Crippen LogP contribution in [0.25, 0.3) is 0 Å². The van der Waals surface area contributed by atoms with Gasteiger partial charge in [-0.2, -0.15) is 0 Å². The van der Waals surface area contributed by atoms with Gasteiger partial charge in [-0.1, -0.05) is 11.6 Å². The second-order valence-corrected chi connectivity index (χ2v) is 4.31. The zero-order valence-corrected chi connectivity index (χ0v) is 9.37. The molecular weight excluding hydrogens is 249 g/mol. The fraction of sp³-hybridized carbons (Fsp3) is 0.273. The van der Waals surface area contributed by atoms with Crippen LogP contribution in [-0.4, -0.2) is 17.0 Å². The van der Waals surface area contributed by atoms with Gasteiger partial charge < -0.3 is 10.4 Å². The van der Waals surface area contributed by atoms with Crippen LogP contribution in [0.2, 0.25) is 5.02 Å². The lowest BCUT2D eigenvalue weighted by Gasteiger charge is -2.06. The number of hydrogen-bond donors (Lipinski definition) is 2. The SMILES string of the molecule is O=C(O)[C@H]1C[C@H]1C(=O)Nc1ccc(F)cc1Cl. The maximum Gasteiger partial charge on any atom is 0.307 e. The molecule has 0 radical (unpaired) electrons. The van der Waals surface area contributed by atoms with Gasteiger partial charge in [0, 0.05) is 0 Å². The van der Waals surface area contributed by atoms with E-state index in [9.17, 15) is 14.0 Å². The first-order valence-corrected chi connectivity index (χ1v) is 5.35. The number of carbonyl (C=O) groups is 2. The third-order valence-corrected chi connectivity index (χ3v) is 2.95.